The van der Waals surface area contributed by atoms with E-state index in [1.807, 2.05) is 29.2 Å². The van der Waals surface area contributed by atoms with E-state index in [0.29, 0.717) is 18.9 Å². The minimum atomic E-state index is -0.0436. The fraction of sp³-hybridized carbons (Fsp3) is 0.529. The maximum Gasteiger partial charge on any atom is 0.224 e. The van der Waals surface area contributed by atoms with Crippen molar-refractivity contribution in [1.82, 2.24) is 4.90 Å². The van der Waals surface area contributed by atoms with E-state index in [0.717, 1.165) is 29.7 Å². The molecule has 1 aliphatic heterocycles. The van der Waals surface area contributed by atoms with E-state index in [9.17, 15) is 9.59 Å². The molecule has 0 aliphatic carbocycles. The summed E-state index contributed by atoms with van der Waals surface area (Å²) in [5.74, 6) is 0.678. The first-order chi connectivity index (χ1) is 10.5. The van der Waals surface area contributed by atoms with Gasteiger partial charge in [-0.3, -0.25) is 9.59 Å². The summed E-state index contributed by atoms with van der Waals surface area (Å²) in [6, 6.07) is 7.60. The van der Waals surface area contributed by atoms with Gasteiger partial charge in [-0.25, -0.2) is 0 Å². The van der Waals surface area contributed by atoms with Crippen LogP contribution in [0.4, 0.5) is 5.69 Å². The molecule has 0 bridgehead atoms. The Morgan fingerprint density at radius 2 is 2.18 bits per heavy atom. The van der Waals surface area contributed by atoms with Gasteiger partial charge in [-0.1, -0.05) is 28.9 Å². The van der Waals surface area contributed by atoms with Crippen LogP contribution in [0.3, 0.4) is 0 Å². The van der Waals surface area contributed by atoms with Crippen molar-refractivity contribution < 1.29 is 9.59 Å². The van der Waals surface area contributed by atoms with Crippen LogP contribution in [0, 0.1) is 5.92 Å². The summed E-state index contributed by atoms with van der Waals surface area (Å²) < 4.78 is 0.924. The van der Waals surface area contributed by atoms with Crippen molar-refractivity contribution in [2.45, 2.75) is 33.1 Å². The second-order valence-electron chi connectivity index (χ2n) is 5.99. The molecule has 0 aromatic heterocycles. The number of likely N-dealkylation sites (tertiary alicyclic amines) is 1. The van der Waals surface area contributed by atoms with Crippen molar-refractivity contribution in [2.75, 3.05) is 24.5 Å². The van der Waals surface area contributed by atoms with E-state index in [1.54, 1.807) is 4.90 Å². The average Bonchev–Trinajstić information content (AvgIpc) is 2.47. The van der Waals surface area contributed by atoms with Crippen molar-refractivity contribution in [3.05, 3.63) is 28.7 Å². The third-order valence-electron chi connectivity index (χ3n) is 4.06. The minimum Gasteiger partial charge on any atom is -0.342 e. The fourth-order valence-corrected chi connectivity index (χ4v) is 3.28. The van der Waals surface area contributed by atoms with E-state index in [2.05, 4.69) is 22.9 Å². The molecule has 1 heterocycles. The Kier molecular flexibility index (Phi) is 6.00. The molecule has 1 aliphatic rings. The highest BCUT2D eigenvalue weighted by atomic mass is 79.9. The van der Waals surface area contributed by atoms with Gasteiger partial charge in [0, 0.05) is 43.1 Å². The predicted octanol–water partition coefficient (Wildman–Crippen LogP) is 3.45. The Balaban J connectivity index is 1.97. The van der Waals surface area contributed by atoms with Gasteiger partial charge in [-0.15, -0.1) is 0 Å². The van der Waals surface area contributed by atoms with Crippen molar-refractivity contribution >= 4 is 33.4 Å². The first-order valence-corrected chi connectivity index (χ1v) is 8.58. The smallest absolute Gasteiger partial charge is 0.224 e. The molecule has 2 rings (SSSR count). The van der Waals surface area contributed by atoms with Crippen LogP contribution in [0.2, 0.25) is 0 Å². The van der Waals surface area contributed by atoms with Crippen LogP contribution >= 0.6 is 15.9 Å². The van der Waals surface area contributed by atoms with Crippen molar-refractivity contribution in [2.24, 2.45) is 5.92 Å². The summed E-state index contributed by atoms with van der Waals surface area (Å²) in [5.41, 5.74) is 0.821. The molecular weight excluding hydrogens is 344 g/mol. The summed E-state index contributed by atoms with van der Waals surface area (Å²) in [7, 11) is 0. The number of hydrogen-bond acceptors (Lipinski definition) is 2. The number of benzene rings is 1. The fourth-order valence-electron chi connectivity index (χ4n) is 2.89. The second kappa shape index (κ2) is 7.77. The van der Waals surface area contributed by atoms with Gasteiger partial charge in [0.05, 0.1) is 0 Å². The molecule has 120 valence electrons. The number of piperidine rings is 1. The second-order valence-corrected chi connectivity index (χ2v) is 6.90. The van der Waals surface area contributed by atoms with Crippen LogP contribution in [-0.2, 0) is 9.59 Å². The van der Waals surface area contributed by atoms with E-state index < -0.39 is 0 Å². The number of nitrogens with zero attached hydrogens (tertiary/aromatic N) is 2. The topological polar surface area (TPSA) is 40.6 Å². The number of carbonyl (C=O) groups is 2. The molecule has 1 fully saturated rings. The van der Waals surface area contributed by atoms with E-state index >= 15 is 0 Å². The molecule has 1 atom stereocenters. The lowest BCUT2D eigenvalue weighted by molar-refractivity contribution is -0.132. The molecule has 2 amide bonds. The van der Waals surface area contributed by atoms with Gasteiger partial charge in [0.1, 0.15) is 0 Å². The normalized spacial score (nSPS) is 18.1. The van der Waals surface area contributed by atoms with E-state index in [4.69, 9.17) is 0 Å². The number of amides is 2. The van der Waals surface area contributed by atoms with Crippen molar-refractivity contribution in [3.63, 3.8) is 0 Å². The molecule has 5 heteroatoms. The van der Waals surface area contributed by atoms with Crippen LogP contribution < -0.4 is 4.90 Å². The Morgan fingerprint density at radius 1 is 1.41 bits per heavy atom. The van der Waals surface area contributed by atoms with Gasteiger partial charge in [-0.05, 0) is 37.0 Å². The first kappa shape index (κ1) is 17.0. The largest absolute Gasteiger partial charge is 0.342 e. The number of anilines is 1. The standard InChI is InChI=1S/C17H23BrN2O2/c1-13-5-4-9-19(12-13)17(22)8-10-20(14(2)21)16-7-3-6-15(18)11-16/h3,6-7,11,13H,4-5,8-10,12H2,1-2H3. The molecule has 1 saturated heterocycles. The van der Waals surface area contributed by atoms with Gasteiger partial charge in [-0.2, -0.15) is 0 Å². The zero-order chi connectivity index (χ0) is 16.1. The lowest BCUT2D eigenvalue weighted by Gasteiger charge is -2.31. The molecule has 0 spiro atoms. The Morgan fingerprint density at radius 3 is 2.82 bits per heavy atom. The lowest BCUT2D eigenvalue weighted by Crippen LogP contribution is -2.41. The molecule has 1 aromatic rings. The van der Waals surface area contributed by atoms with Crippen LogP contribution in [-0.4, -0.2) is 36.3 Å². The summed E-state index contributed by atoms with van der Waals surface area (Å²) in [6.45, 7) is 5.84. The quantitative estimate of drug-likeness (QED) is 0.818. The molecule has 1 unspecified atom stereocenters. The van der Waals surface area contributed by atoms with Gasteiger partial charge < -0.3 is 9.80 Å². The van der Waals surface area contributed by atoms with Crippen molar-refractivity contribution in [3.8, 4) is 0 Å². The molecule has 0 saturated carbocycles. The number of hydrogen-bond donors (Lipinski definition) is 0. The zero-order valence-electron chi connectivity index (χ0n) is 13.2. The minimum absolute atomic E-state index is 0.0436. The predicted molar refractivity (Wildman–Crippen MR) is 91.8 cm³/mol. The summed E-state index contributed by atoms with van der Waals surface area (Å²) in [5, 5.41) is 0. The van der Waals surface area contributed by atoms with Gasteiger partial charge >= 0.3 is 0 Å². The molecule has 22 heavy (non-hydrogen) atoms. The van der Waals surface area contributed by atoms with E-state index in [-0.39, 0.29) is 11.8 Å². The summed E-state index contributed by atoms with van der Waals surface area (Å²) in [4.78, 5) is 27.8. The maximum absolute atomic E-state index is 12.3. The Hall–Kier alpha value is -1.36. The van der Waals surface area contributed by atoms with E-state index in [1.165, 1.54) is 13.3 Å². The summed E-state index contributed by atoms with van der Waals surface area (Å²) in [6.07, 6.45) is 2.65. The van der Waals surface area contributed by atoms with Gasteiger partial charge in [0.25, 0.3) is 0 Å². The van der Waals surface area contributed by atoms with Crippen LogP contribution in [0.1, 0.15) is 33.1 Å². The lowest BCUT2D eigenvalue weighted by atomic mass is 10.00. The van der Waals surface area contributed by atoms with Crippen LogP contribution in [0.5, 0.6) is 0 Å². The molecule has 1 aromatic carbocycles. The zero-order valence-corrected chi connectivity index (χ0v) is 14.8. The van der Waals surface area contributed by atoms with Crippen molar-refractivity contribution in [1.29, 1.82) is 0 Å². The number of rotatable bonds is 4. The molecular formula is C17H23BrN2O2. The Bertz CT molecular complexity index is 547. The molecule has 0 N–H and O–H groups in total. The summed E-state index contributed by atoms with van der Waals surface area (Å²) >= 11 is 3.42. The average molecular weight is 367 g/mol. The van der Waals surface area contributed by atoms with Gasteiger partial charge in [0.2, 0.25) is 11.8 Å². The maximum atomic E-state index is 12.3. The highest BCUT2D eigenvalue weighted by Gasteiger charge is 2.22. The first-order valence-electron chi connectivity index (χ1n) is 7.79. The highest BCUT2D eigenvalue weighted by molar-refractivity contribution is 9.10. The number of halogens is 1. The molecule has 4 nitrogen and oxygen atoms in total. The molecule has 0 radical (unpaired) electrons. The van der Waals surface area contributed by atoms with Crippen LogP contribution in [0.25, 0.3) is 0 Å². The highest BCUT2D eigenvalue weighted by Crippen LogP contribution is 2.21. The Labute approximate surface area is 140 Å². The van der Waals surface area contributed by atoms with Crippen LogP contribution in [0.15, 0.2) is 28.7 Å². The third-order valence-corrected chi connectivity index (χ3v) is 4.55. The monoisotopic (exact) mass is 366 g/mol. The van der Waals surface area contributed by atoms with Gasteiger partial charge in [0.15, 0.2) is 0 Å². The number of carbonyl (C=O) groups excluding carboxylic acids is 2. The third kappa shape index (κ3) is 4.57. The SMILES string of the molecule is CC(=O)N(CCC(=O)N1CCCC(C)C1)c1cccc(Br)c1.